The van der Waals surface area contributed by atoms with E-state index in [1.165, 1.54) is 12.1 Å². The van der Waals surface area contributed by atoms with Gasteiger partial charge in [0.25, 0.3) is 0 Å². The molecule has 1 aromatic heterocycles. The minimum Gasteiger partial charge on any atom is -0.166 e. The van der Waals surface area contributed by atoms with E-state index < -0.39 is 11.7 Å². The molecule has 4 heteroatoms. The maximum Gasteiger partial charge on any atom is 0.416 e. The highest BCUT2D eigenvalue weighted by molar-refractivity contribution is 7.17. The summed E-state index contributed by atoms with van der Waals surface area (Å²) in [6.45, 7) is 0. The first-order valence-electron chi connectivity index (χ1n) is 5.69. The van der Waals surface area contributed by atoms with E-state index in [1.807, 2.05) is 29.6 Å². The summed E-state index contributed by atoms with van der Waals surface area (Å²) in [6, 6.07) is 13.2. The topological polar surface area (TPSA) is 0 Å². The summed E-state index contributed by atoms with van der Waals surface area (Å²) in [7, 11) is 0. The molecule has 0 fully saturated rings. The number of alkyl halides is 3. The summed E-state index contributed by atoms with van der Waals surface area (Å²) < 4.78 is 38.7. The second-order valence-electron chi connectivity index (χ2n) is 4.22. The molecule has 0 aliphatic carbocycles. The van der Waals surface area contributed by atoms with Gasteiger partial charge in [0.15, 0.2) is 0 Å². The largest absolute Gasteiger partial charge is 0.416 e. The standard InChI is InChI=1S/C15H9F3S/c16-15(17,18)11-7-5-10(6-8-11)13-9-19-14-4-2-1-3-12(13)14/h1-9H. The summed E-state index contributed by atoms with van der Waals surface area (Å²) in [4.78, 5) is 0. The van der Waals surface area contributed by atoms with E-state index >= 15 is 0 Å². The second kappa shape index (κ2) is 4.38. The minimum absolute atomic E-state index is 0.615. The molecule has 1 heterocycles. The third-order valence-corrected chi connectivity index (χ3v) is 3.97. The zero-order valence-corrected chi connectivity index (χ0v) is 10.6. The third kappa shape index (κ3) is 2.24. The highest BCUT2D eigenvalue weighted by Gasteiger charge is 2.30. The van der Waals surface area contributed by atoms with Gasteiger partial charge in [0, 0.05) is 15.6 Å². The molecular weight excluding hydrogens is 269 g/mol. The molecule has 0 saturated carbocycles. The van der Waals surface area contributed by atoms with Crippen molar-refractivity contribution in [3.05, 3.63) is 59.5 Å². The predicted octanol–water partition coefficient (Wildman–Crippen LogP) is 5.59. The van der Waals surface area contributed by atoms with Gasteiger partial charge in [-0.1, -0.05) is 30.3 Å². The van der Waals surface area contributed by atoms with Crippen LogP contribution in [0.1, 0.15) is 5.56 Å². The smallest absolute Gasteiger partial charge is 0.166 e. The summed E-state index contributed by atoms with van der Waals surface area (Å²) >= 11 is 1.60. The zero-order valence-electron chi connectivity index (χ0n) is 9.74. The molecule has 2 aromatic carbocycles. The van der Waals surface area contributed by atoms with Crippen molar-refractivity contribution in [2.24, 2.45) is 0 Å². The molecule has 0 aliphatic heterocycles. The van der Waals surface area contributed by atoms with Gasteiger partial charge in [0.1, 0.15) is 0 Å². The molecular formula is C15H9F3S. The van der Waals surface area contributed by atoms with E-state index in [1.54, 1.807) is 11.3 Å². The molecule has 0 amide bonds. The van der Waals surface area contributed by atoms with E-state index in [0.29, 0.717) is 0 Å². The lowest BCUT2D eigenvalue weighted by Crippen LogP contribution is -2.03. The first-order chi connectivity index (χ1) is 9.05. The molecule has 0 radical (unpaired) electrons. The van der Waals surface area contributed by atoms with Crippen LogP contribution in [0, 0.1) is 0 Å². The lowest BCUT2D eigenvalue weighted by molar-refractivity contribution is -0.137. The van der Waals surface area contributed by atoms with Gasteiger partial charge in [-0.25, -0.2) is 0 Å². The summed E-state index contributed by atoms with van der Waals surface area (Å²) in [5, 5.41) is 3.06. The van der Waals surface area contributed by atoms with Gasteiger partial charge in [0.2, 0.25) is 0 Å². The molecule has 0 saturated heterocycles. The fourth-order valence-electron chi connectivity index (χ4n) is 2.04. The fraction of sp³-hybridized carbons (Fsp3) is 0.0667. The fourth-order valence-corrected chi connectivity index (χ4v) is 3.01. The molecule has 3 aromatic rings. The molecule has 0 spiro atoms. The number of hydrogen-bond donors (Lipinski definition) is 0. The summed E-state index contributed by atoms with van der Waals surface area (Å²) in [5.74, 6) is 0. The number of halogens is 3. The molecule has 0 aliphatic rings. The zero-order chi connectivity index (χ0) is 13.5. The van der Waals surface area contributed by atoms with Gasteiger partial charge in [-0.05, 0) is 29.1 Å². The number of benzene rings is 2. The van der Waals surface area contributed by atoms with Gasteiger partial charge in [-0.15, -0.1) is 11.3 Å². The van der Waals surface area contributed by atoms with Crippen molar-refractivity contribution in [1.82, 2.24) is 0 Å². The highest BCUT2D eigenvalue weighted by atomic mass is 32.1. The average Bonchev–Trinajstić information content (AvgIpc) is 2.82. The van der Waals surface area contributed by atoms with Crippen molar-refractivity contribution < 1.29 is 13.2 Å². The number of rotatable bonds is 1. The Labute approximate surface area is 112 Å². The van der Waals surface area contributed by atoms with Gasteiger partial charge in [-0.3, -0.25) is 0 Å². The molecule has 0 atom stereocenters. The average molecular weight is 278 g/mol. The quantitative estimate of drug-likeness (QED) is 0.544. The molecule has 19 heavy (non-hydrogen) atoms. The van der Waals surface area contributed by atoms with Crippen molar-refractivity contribution in [2.45, 2.75) is 6.18 Å². The van der Waals surface area contributed by atoms with Gasteiger partial charge >= 0.3 is 6.18 Å². The van der Waals surface area contributed by atoms with Crippen LogP contribution in [-0.4, -0.2) is 0 Å². The normalized spacial score (nSPS) is 11.9. The molecule has 0 nitrogen and oxygen atoms in total. The Kier molecular flexibility index (Phi) is 2.82. The first kappa shape index (κ1) is 12.2. The first-order valence-corrected chi connectivity index (χ1v) is 6.57. The Balaban J connectivity index is 2.07. The summed E-state index contributed by atoms with van der Waals surface area (Å²) in [6.07, 6.45) is -4.28. The van der Waals surface area contributed by atoms with Crippen LogP contribution < -0.4 is 0 Å². The van der Waals surface area contributed by atoms with E-state index in [-0.39, 0.29) is 0 Å². The Morgan fingerprint density at radius 2 is 1.53 bits per heavy atom. The maximum atomic E-state index is 12.5. The van der Waals surface area contributed by atoms with Gasteiger partial charge < -0.3 is 0 Å². The van der Waals surface area contributed by atoms with E-state index in [0.717, 1.165) is 33.3 Å². The Morgan fingerprint density at radius 3 is 2.21 bits per heavy atom. The Hall–Kier alpha value is -1.81. The molecule has 0 N–H and O–H groups in total. The van der Waals surface area contributed by atoms with Crippen LogP contribution in [0.5, 0.6) is 0 Å². The number of hydrogen-bond acceptors (Lipinski definition) is 1. The van der Waals surface area contributed by atoms with E-state index in [2.05, 4.69) is 0 Å². The Morgan fingerprint density at radius 1 is 0.842 bits per heavy atom. The van der Waals surface area contributed by atoms with Crippen molar-refractivity contribution in [3.63, 3.8) is 0 Å². The van der Waals surface area contributed by atoms with Crippen molar-refractivity contribution in [3.8, 4) is 11.1 Å². The van der Waals surface area contributed by atoms with Crippen LogP contribution in [0.4, 0.5) is 13.2 Å². The van der Waals surface area contributed by atoms with Crippen LogP contribution in [-0.2, 0) is 6.18 Å². The van der Waals surface area contributed by atoms with Crippen LogP contribution in [0.25, 0.3) is 21.2 Å². The minimum atomic E-state index is -4.28. The molecule has 3 rings (SSSR count). The Bertz CT molecular complexity index is 708. The van der Waals surface area contributed by atoms with E-state index in [9.17, 15) is 13.2 Å². The molecule has 0 unspecified atom stereocenters. The number of thiophene rings is 1. The van der Waals surface area contributed by atoms with Crippen LogP contribution in [0.3, 0.4) is 0 Å². The monoisotopic (exact) mass is 278 g/mol. The van der Waals surface area contributed by atoms with Crippen LogP contribution in [0.2, 0.25) is 0 Å². The SMILES string of the molecule is FC(F)(F)c1ccc(-c2csc3ccccc23)cc1. The second-order valence-corrected chi connectivity index (χ2v) is 5.13. The predicted molar refractivity (Wildman–Crippen MR) is 72.3 cm³/mol. The van der Waals surface area contributed by atoms with Gasteiger partial charge in [-0.2, -0.15) is 13.2 Å². The van der Waals surface area contributed by atoms with E-state index in [4.69, 9.17) is 0 Å². The lowest BCUT2D eigenvalue weighted by Gasteiger charge is -2.07. The van der Waals surface area contributed by atoms with Crippen molar-refractivity contribution in [1.29, 1.82) is 0 Å². The molecule has 0 bridgehead atoms. The molecule has 96 valence electrons. The summed E-state index contributed by atoms with van der Waals surface area (Å²) in [5.41, 5.74) is 1.18. The van der Waals surface area contributed by atoms with Gasteiger partial charge in [0.05, 0.1) is 5.56 Å². The highest BCUT2D eigenvalue weighted by Crippen LogP contribution is 2.35. The van der Waals surface area contributed by atoms with Crippen molar-refractivity contribution in [2.75, 3.05) is 0 Å². The lowest BCUT2D eigenvalue weighted by atomic mass is 10.0. The maximum absolute atomic E-state index is 12.5. The van der Waals surface area contributed by atoms with Crippen molar-refractivity contribution >= 4 is 21.4 Å². The number of fused-ring (bicyclic) bond motifs is 1. The third-order valence-electron chi connectivity index (χ3n) is 3.00. The van der Waals surface area contributed by atoms with Crippen LogP contribution in [0.15, 0.2) is 53.9 Å². The van der Waals surface area contributed by atoms with Crippen LogP contribution >= 0.6 is 11.3 Å².